The molecule has 5 rings (SSSR count). The molecular weight excluding hydrogens is 496 g/mol. The highest BCUT2D eigenvalue weighted by molar-refractivity contribution is 9.10. The maximum atomic E-state index is 12.2. The van der Waals surface area contributed by atoms with E-state index in [9.17, 15) is 9.90 Å². The van der Waals surface area contributed by atoms with Gasteiger partial charge < -0.3 is 19.5 Å². The van der Waals surface area contributed by atoms with Crippen molar-refractivity contribution in [2.75, 3.05) is 21.2 Å². The van der Waals surface area contributed by atoms with Gasteiger partial charge in [0.1, 0.15) is 17.1 Å². The van der Waals surface area contributed by atoms with Crippen LogP contribution in [-0.4, -0.2) is 42.1 Å². The molecule has 34 heavy (non-hydrogen) atoms. The van der Waals surface area contributed by atoms with E-state index in [1.165, 1.54) is 11.8 Å². The first-order chi connectivity index (χ1) is 16.2. The number of amides is 1. The zero-order chi connectivity index (χ0) is 24.5. The number of pyridine rings is 1. The Morgan fingerprint density at radius 2 is 1.79 bits per heavy atom. The Labute approximate surface area is 208 Å². The van der Waals surface area contributed by atoms with Crippen molar-refractivity contribution in [1.29, 1.82) is 0 Å². The van der Waals surface area contributed by atoms with Crippen molar-refractivity contribution < 1.29 is 19.4 Å². The van der Waals surface area contributed by atoms with Gasteiger partial charge in [-0.15, -0.1) is 0 Å². The average Bonchev–Trinajstić information content (AvgIpc) is 3.27. The first-order valence-electron chi connectivity index (χ1n) is 11.2. The standard InChI is InChI=1S/C23H20BrNO3.C4H9NO/c1-27-19-13-25-14-20-21(19)22(26)12-11-18(15-5-3-2-4-6-15)23(22,28-20)16-7-9-17(24)10-8-16;1-4(6)5(2)3/h2-10,13-14,18,26H,11-12H2,1H3;1-3H3. The van der Waals surface area contributed by atoms with Gasteiger partial charge in [-0.3, -0.25) is 9.78 Å². The zero-order valence-corrected chi connectivity index (χ0v) is 21.4. The molecule has 1 aromatic heterocycles. The number of rotatable bonds is 3. The fourth-order valence-electron chi connectivity index (χ4n) is 5.02. The maximum Gasteiger partial charge on any atom is 0.218 e. The third-order valence-corrected chi connectivity index (χ3v) is 7.31. The molecule has 7 heteroatoms. The minimum atomic E-state index is -1.20. The quantitative estimate of drug-likeness (QED) is 0.521. The Bertz CT molecular complexity index is 1170. The van der Waals surface area contributed by atoms with Crippen molar-refractivity contribution in [3.8, 4) is 11.5 Å². The Kier molecular flexibility index (Phi) is 6.69. The molecule has 0 radical (unpaired) electrons. The van der Waals surface area contributed by atoms with Crippen molar-refractivity contribution in [2.45, 2.75) is 36.9 Å². The van der Waals surface area contributed by atoms with Gasteiger partial charge in [0, 0.05) is 31.4 Å². The highest BCUT2D eigenvalue weighted by Gasteiger charge is 2.69. The van der Waals surface area contributed by atoms with Gasteiger partial charge in [-0.05, 0) is 36.1 Å². The number of hydrogen-bond donors (Lipinski definition) is 1. The van der Waals surface area contributed by atoms with Crippen molar-refractivity contribution >= 4 is 21.8 Å². The molecule has 0 spiro atoms. The number of ether oxygens (including phenoxy) is 2. The van der Waals surface area contributed by atoms with Crippen LogP contribution in [0.4, 0.5) is 0 Å². The SMILES string of the molecule is CC(=O)N(C)C.COc1cncc2c1C1(O)CCC(c3ccccc3)C1(c1ccc(Br)cc1)O2. The fraction of sp³-hybridized carbons (Fsp3) is 0.333. The van der Waals surface area contributed by atoms with E-state index < -0.39 is 11.2 Å². The summed E-state index contributed by atoms with van der Waals surface area (Å²) in [5, 5.41) is 12.2. The lowest BCUT2D eigenvalue weighted by molar-refractivity contribution is -0.126. The molecule has 0 bridgehead atoms. The number of nitrogens with zero attached hydrogens (tertiary/aromatic N) is 2. The second kappa shape index (κ2) is 9.39. The van der Waals surface area contributed by atoms with Gasteiger partial charge in [-0.25, -0.2) is 0 Å². The molecule has 1 saturated carbocycles. The third kappa shape index (κ3) is 3.87. The lowest BCUT2D eigenvalue weighted by Crippen LogP contribution is -2.48. The number of carbonyl (C=O) groups is 1. The van der Waals surface area contributed by atoms with Gasteiger partial charge >= 0.3 is 0 Å². The van der Waals surface area contributed by atoms with Gasteiger partial charge in [0.25, 0.3) is 0 Å². The number of hydrogen-bond acceptors (Lipinski definition) is 5. The van der Waals surface area contributed by atoms with Crippen molar-refractivity contribution in [3.05, 3.63) is 88.2 Å². The zero-order valence-electron chi connectivity index (χ0n) is 19.8. The van der Waals surface area contributed by atoms with Crippen LogP contribution in [0, 0.1) is 0 Å². The van der Waals surface area contributed by atoms with E-state index in [1.807, 2.05) is 42.5 Å². The van der Waals surface area contributed by atoms with Crippen molar-refractivity contribution in [3.63, 3.8) is 0 Å². The molecule has 1 amide bonds. The summed E-state index contributed by atoms with van der Waals surface area (Å²) in [4.78, 5) is 15.9. The van der Waals surface area contributed by atoms with E-state index in [4.69, 9.17) is 9.47 Å². The van der Waals surface area contributed by atoms with E-state index in [0.29, 0.717) is 23.5 Å². The first kappa shape index (κ1) is 24.2. The second-order valence-corrected chi connectivity index (χ2v) is 9.75. The molecule has 2 aromatic carbocycles. The molecule has 0 saturated heterocycles. The molecule has 3 unspecified atom stereocenters. The van der Waals surface area contributed by atoms with Crippen LogP contribution in [0.25, 0.3) is 0 Å². The second-order valence-electron chi connectivity index (χ2n) is 8.84. The predicted octanol–water partition coefficient (Wildman–Crippen LogP) is 5.00. The minimum absolute atomic E-state index is 0.00279. The molecule has 2 aliphatic rings. The summed E-state index contributed by atoms with van der Waals surface area (Å²) in [5.41, 5.74) is 0.661. The van der Waals surface area contributed by atoms with Crippen LogP contribution in [0.3, 0.4) is 0 Å². The van der Waals surface area contributed by atoms with E-state index >= 15 is 0 Å². The van der Waals surface area contributed by atoms with Crippen LogP contribution in [-0.2, 0) is 16.0 Å². The summed E-state index contributed by atoms with van der Waals surface area (Å²) in [5.74, 6) is 1.24. The Hall–Kier alpha value is -2.90. The fourth-order valence-corrected chi connectivity index (χ4v) is 5.28. The lowest BCUT2D eigenvalue weighted by Gasteiger charge is -2.40. The minimum Gasteiger partial charge on any atom is -0.495 e. The predicted molar refractivity (Wildman–Crippen MR) is 134 cm³/mol. The van der Waals surface area contributed by atoms with E-state index in [1.54, 1.807) is 33.6 Å². The Morgan fingerprint density at radius 3 is 2.38 bits per heavy atom. The van der Waals surface area contributed by atoms with Crippen LogP contribution >= 0.6 is 15.9 Å². The Morgan fingerprint density at radius 1 is 1.15 bits per heavy atom. The van der Waals surface area contributed by atoms with Gasteiger partial charge in [-0.2, -0.15) is 0 Å². The summed E-state index contributed by atoms with van der Waals surface area (Å²) in [7, 11) is 5.05. The van der Waals surface area contributed by atoms with Crippen LogP contribution in [0.2, 0.25) is 0 Å². The highest BCUT2D eigenvalue weighted by Crippen LogP contribution is 2.67. The maximum absolute atomic E-state index is 12.2. The average molecular weight is 525 g/mol. The van der Waals surface area contributed by atoms with Crippen LogP contribution in [0.5, 0.6) is 11.5 Å². The summed E-state index contributed by atoms with van der Waals surface area (Å²) in [6, 6.07) is 18.3. The van der Waals surface area contributed by atoms with Gasteiger partial charge in [-0.1, -0.05) is 58.4 Å². The lowest BCUT2D eigenvalue weighted by atomic mass is 9.72. The topological polar surface area (TPSA) is 71.9 Å². The number of aliphatic hydroxyl groups is 1. The molecule has 6 nitrogen and oxygen atoms in total. The van der Waals surface area contributed by atoms with E-state index in [2.05, 4.69) is 33.0 Å². The largest absolute Gasteiger partial charge is 0.495 e. The molecule has 1 N–H and O–H groups in total. The summed E-state index contributed by atoms with van der Waals surface area (Å²) in [6.07, 6.45) is 4.71. The third-order valence-electron chi connectivity index (χ3n) is 6.79. The smallest absolute Gasteiger partial charge is 0.218 e. The van der Waals surface area contributed by atoms with Gasteiger partial charge in [0.2, 0.25) is 5.91 Å². The van der Waals surface area contributed by atoms with E-state index in [0.717, 1.165) is 22.0 Å². The number of fused-ring (bicyclic) bond motifs is 3. The molecule has 1 fully saturated rings. The molecule has 2 heterocycles. The molecule has 1 aliphatic heterocycles. The van der Waals surface area contributed by atoms with Gasteiger partial charge in [0.05, 0.1) is 25.1 Å². The monoisotopic (exact) mass is 524 g/mol. The van der Waals surface area contributed by atoms with E-state index in [-0.39, 0.29) is 11.8 Å². The summed E-state index contributed by atoms with van der Waals surface area (Å²) >= 11 is 3.52. The normalized spacial score (nSPS) is 24.2. The number of methoxy groups -OCH3 is 1. The van der Waals surface area contributed by atoms with Crippen LogP contribution in [0.1, 0.15) is 42.4 Å². The molecule has 178 valence electrons. The van der Waals surface area contributed by atoms with Crippen LogP contribution in [0.15, 0.2) is 71.5 Å². The number of benzene rings is 2. The number of halogens is 1. The number of carbonyl (C=O) groups excluding carboxylic acids is 1. The summed E-state index contributed by atoms with van der Waals surface area (Å²) < 4.78 is 13.2. The Balaban J connectivity index is 0.000000408. The first-order valence-corrected chi connectivity index (χ1v) is 12.0. The summed E-state index contributed by atoms with van der Waals surface area (Å²) in [6.45, 7) is 1.53. The van der Waals surface area contributed by atoms with Crippen molar-refractivity contribution in [1.82, 2.24) is 9.88 Å². The molecular formula is C27H29BrN2O4. The highest BCUT2D eigenvalue weighted by atomic mass is 79.9. The molecule has 1 aliphatic carbocycles. The van der Waals surface area contributed by atoms with Gasteiger partial charge in [0.15, 0.2) is 5.60 Å². The number of aromatic nitrogens is 1. The van der Waals surface area contributed by atoms with Crippen LogP contribution < -0.4 is 9.47 Å². The molecule has 3 aromatic rings. The van der Waals surface area contributed by atoms with Crippen molar-refractivity contribution in [2.24, 2.45) is 0 Å². The molecule has 3 atom stereocenters.